The molecule has 1 saturated heterocycles. The summed E-state index contributed by atoms with van der Waals surface area (Å²) in [5.41, 5.74) is 0.978. The smallest absolute Gasteiger partial charge is 0.214 e. The van der Waals surface area contributed by atoms with Crippen LogP contribution in [0.4, 0.5) is 4.39 Å². The second kappa shape index (κ2) is 8.43. The molecule has 0 bridgehead atoms. The zero-order valence-corrected chi connectivity index (χ0v) is 15.0. The lowest BCUT2D eigenvalue weighted by Crippen LogP contribution is -2.39. The predicted molar refractivity (Wildman–Crippen MR) is 93.8 cm³/mol. The van der Waals surface area contributed by atoms with E-state index in [0.29, 0.717) is 45.1 Å². The van der Waals surface area contributed by atoms with Gasteiger partial charge in [0.2, 0.25) is 10.0 Å². The van der Waals surface area contributed by atoms with E-state index in [1.54, 1.807) is 12.1 Å². The normalized spacial score (nSPS) is 17.9. The van der Waals surface area contributed by atoms with Crippen molar-refractivity contribution in [2.75, 3.05) is 39.0 Å². The number of sulfonamides is 1. The summed E-state index contributed by atoms with van der Waals surface area (Å²) >= 11 is 0. The highest BCUT2D eigenvalue weighted by Crippen LogP contribution is 2.12. The molecule has 2 rings (SSSR count). The maximum Gasteiger partial charge on any atom is 0.214 e. The molecule has 1 aliphatic rings. The second-order valence-corrected chi connectivity index (χ2v) is 7.88. The van der Waals surface area contributed by atoms with Gasteiger partial charge in [-0.1, -0.05) is 12.1 Å². The molecular formula is C16H25FN4O2S. The van der Waals surface area contributed by atoms with E-state index in [4.69, 9.17) is 0 Å². The number of hydrogen-bond acceptors (Lipinski definition) is 3. The van der Waals surface area contributed by atoms with Crippen molar-refractivity contribution in [1.29, 1.82) is 0 Å². The number of halogens is 1. The van der Waals surface area contributed by atoms with Crippen molar-refractivity contribution in [3.8, 4) is 0 Å². The van der Waals surface area contributed by atoms with Crippen LogP contribution in [0.2, 0.25) is 0 Å². The fourth-order valence-electron chi connectivity index (χ4n) is 2.62. The molecule has 0 atom stereocenters. The number of guanidine groups is 1. The second-order valence-electron chi connectivity index (χ2n) is 5.79. The fraction of sp³-hybridized carbons (Fsp3) is 0.562. The number of hydrogen-bond donors (Lipinski definition) is 1. The van der Waals surface area contributed by atoms with Crippen LogP contribution in [0.3, 0.4) is 0 Å². The topological polar surface area (TPSA) is 65.0 Å². The highest BCUT2D eigenvalue weighted by molar-refractivity contribution is 7.89. The summed E-state index contributed by atoms with van der Waals surface area (Å²) in [6.45, 7) is 4.69. The lowest BCUT2D eigenvalue weighted by atomic mass is 10.2. The Morgan fingerprint density at radius 3 is 2.67 bits per heavy atom. The van der Waals surface area contributed by atoms with Crippen molar-refractivity contribution in [2.45, 2.75) is 19.9 Å². The van der Waals surface area contributed by atoms with Crippen LogP contribution in [-0.4, -0.2) is 62.6 Å². The zero-order chi connectivity index (χ0) is 17.6. The molecule has 1 aliphatic heterocycles. The third-order valence-electron chi connectivity index (χ3n) is 3.84. The lowest BCUT2D eigenvalue weighted by molar-refractivity contribution is 0.445. The van der Waals surface area contributed by atoms with Crippen molar-refractivity contribution >= 4 is 16.0 Å². The molecule has 8 heteroatoms. The summed E-state index contributed by atoms with van der Waals surface area (Å²) in [5, 5.41) is 3.19. The van der Waals surface area contributed by atoms with Gasteiger partial charge in [0, 0.05) is 33.2 Å². The first kappa shape index (κ1) is 18.7. The minimum atomic E-state index is -3.08. The standard InChI is InChI=1S/C16H25FN4O2S/c1-3-18-16(19-9-11-21-10-4-12-24(21,22)23)20(2)13-14-5-7-15(17)8-6-14/h5-8H,3-4,9-13H2,1-2H3,(H,18,19). The Hall–Kier alpha value is -1.67. The molecule has 0 saturated carbocycles. The minimum Gasteiger partial charge on any atom is -0.357 e. The molecular weight excluding hydrogens is 331 g/mol. The molecule has 0 radical (unpaired) electrons. The van der Waals surface area contributed by atoms with Crippen molar-refractivity contribution in [1.82, 2.24) is 14.5 Å². The van der Waals surface area contributed by atoms with Crippen LogP contribution in [-0.2, 0) is 16.6 Å². The van der Waals surface area contributed by atoms with Gasteiger partial charge in [-0.05, 0) is 31.0 Å². The number of rotatable bonds is 6. The number of nitrogens with one attached hydrogen (secondary N) is 1. The van der Waals surface area contributed by atoms with Gasteiger partial charge < -0.3 is 10.2 Å². The van der Waals surface area contributed by atoms with Crippen molar-refractivity contribution in [3.63, 3.8) is 0 Å². The van der Waals surface area contributed by atoms with E-state index in [1.165, 1.54) is 16.4 Å². The lowest BCUT2D eigenvalue weighted by Gasteiger charge is -2.22. The van der Waals surface area contributed by atoms with Crippen molar-refractivity contribution < 1.29 is 12.8 Å². The molecule has 0 spiro atoms. The average molecular weight is 356 g/mol. The van der Waals surface area contributed by atoms with Crippen LogP contribution >= 0.6 is 0 Å². The number of nitrogens with zero attached hydrogens (tertiary/aromatic N) is 3. The number of aliphatic imine (C=N–C) groups is 1. The maximum atomic E-state index is 13.0. The average Bonchev–Trinajstić information content (AvgIpc) is 2.87. The fourth-order valence-corrected chi connectivity index (χ4v) is 4.14. The van der Waals surface area contributed by atoms with Crippen LogP contribution in [0.25, 0.3) is 0 Å². The molecule has 1 heterocycles. The Kier molecular flexibility index (Phi) is 6.56. The van der Waals surface area contributed by atoms with E-state index in [-0.39, 0.29) is 11.6 Å². The molecule has 1 fully saturated rings. The predicted octanol–water partition coefficient (Wildman–Crippen LogP) is 1.26. The third kappa shape index (κ3) is 5.17. The van der Waals surface area contributed by atoms with E-state index >= 15 is 0 Å². The highest BCUT2D eigenvalue weighted by atomic mass is 32.2. The van der Waals surface area contributed by atoms with Gasteiger partial charge in [0.25, 0.3) is 0 Å². The van der Waals surface area contributed by atoms with Crippen LogP contribution in [0.1, 0.15) is 18.9 Å². The first-order chi connectivity index (χ1) is 11.4. The van der Waals surface area contributed by atoms with Gasteiger partial charge in [0.05, 0.1) is 12.3 Å². The summed E-state index contributed by atoms with van der Waals surface area (Å²) < 4.78 is 38.1. The van der Waals surface area contributed by atoms with E-state index in [2.05, 4.69) is 10.3 Å². The Balaban J connectivity index is 1.95. The molecule has 1 aromatic carbocycles. The minimum absolute atomic E-state index is 0.237. The Bertz CT molecular complexity index is 661. The van der Waals surface area contributed by atoms with Crippen molar-refractivity contribution in [3.05, 3.63) is 35.6 Å². The monoisotopic (exact) mass is 356 g/mol. The quantitative estimate of drug-likeness (QED) is 0.616. The van der Waals surface area contributed by atoms with Crippen LogP contribution < -0.4 is 5.32 Å². The molecule has 0 aliphatic carbocycles. The first-order valence-corrected chi connectivity index (χ1v) is 9.75. The molecule has 24 heavy (non-hydrogen) atoms. The van der Waals surface area contributed by atoms with Crippen molar-refractivity contribution in [2.24, 2.45) is 4.99 Å². The van der Waals surface area contributed by atoms with Gasteiger partial charge in [0.1, 0.15) is 5.82 Å². The SMILES string of the molecule is CCNC(=NCCN1CCCS1(=O)=O)N(C)Cc1ccc(F)cc1. The van der Waals surface area contributed by atoms with Gasteiger partial charge in [-0.25, -0.2) is 17.1 Å². The van der Waals surface area contributed by atoms with Gasteiger partial charge in [-0.2, -0.15) is 0 Å². The molecule has 6 nitrogen and oxygen atoms in total. The van der Waals surface area contributed by atoms with Gasteiger partial charge in [0.15, 0.2) is 5.96 Å². The van der Waals surface area contributed by atoms with E-state index in [0.717, 1.165) is 5.56 Å². The molecule has 0 amide bonds. The summed E-state index contributed by atoms with van der Waals surface area (Å²) in [5.74, 6) is 0.688. The Morgan fingerprint density at radius 1 is 1.38 bits per heavy atom. The number of benzene rings is 1. The summed E-state index contributed by atoms with van der Waals surface area (Å²) in [4.78, 5) is 6.45. The summed E-state index contributed by atoms with van der Waals surface area (Å²) in [6.07, 6.45) is 0.691. The van der Waals surface area contributed by atoms with Crippen LogP contribution in [0.15, 0.2) is 29.3 Å². The molecule has 134 valence electrons. The first-order valence-electron chi connectivity index (χ1n) is 8.14. The van der Waals surface area contributed by atoms with Gasteiger partial charge >= 0.3 is 0 Å². The molecule has 0 aromatic heterocycles. The van der Waals surface area contributed by atoms with Gasteiger partial charge in [-0.15, -0.1) is 0 Å². The molecule has 0 unspecified atom stereocenters. The van der Waals surface area contributed by atoms with Gasteiger partial charge in [-0.3, -0.25) is 4.99 Å². The Labute approximate surface area is 143 Å². The molecule has 1 aromatic rings. The summed E-state index contributed by atoms with van der Waals surface area (Å²) in [7, 11) is -1.18. The van der Waals surface area contributed by atoms with E-state index in [1.807, 2.05) is 18.9 Å². The zero-order valence-electron chi connectivity index (χ0n) is 14.2. The third-order valence-corrected chi connectivity index (χ3v) is 5.80. The van der Waals surface area contributed by atoms with E-state index < -0.39 is 10.0 Å². The highest BCUT2D eigenvalue weighted by Gasteiger charge is 2.27. The Morgan fingerprint density at radius 2 is 2.08 bits per heavy atom. The molecule has 1 N–H and O–H groups in total. The summed E-state index contributed by atoms with van der Waals surface area (Å²) in [6, 6.07) is 6.36. The maximum absolute atomic E-state index is 13.0. The van der Waals surface area contributed by atoms with E-state index in [9.17, 15) is 12.8 Å². The van der Waals surface area contributed by atoms with Crippen LogP contribution in [0.5, 0.6) is 0 Å². The largest absolute Gasteiger partial charge is 0.357 e. The van der Waals surface area contributed by atoms with Crippen LogP contribution in [0, 0.1) is 5.82 Å².